The highest BCUT2D eigenvalue weighted by molar-refractivity contribution is 8.45. The van der Waals surface area contributed by atoms with Gasteiger partial charge < -0.3 is 24.9 Å². The first-order chi connectivity index (χ1) is 19.6. The zero-order valence-corrected chi connectivity index (χ0v) is 23.5. The smallest absolute Gasteiger partial charge is 0.310 e. The van der Waals surface area contributed by atoms with E-state index in [-0.39, 0.29) is 47.6 Å². The molecule has 42 heavy (non-hydrogen) atoms. The summed E-state index contributed by atoms with van der Waals surface area (Å²) in [6.07, 6.45) is 4.74. The number of carbonyl (C=O) groups is 3. The van der Waals surface area contributed by atoms with Crippen LogP contribution in [-0.4, -0.2) is 37.4 Å². The van der Waals surface area contributed by atoms with E-state index in [1.165, 1.54) is 13.2 Å². The van der Waals surface area contributed by atoms with Gasteiger partial charge in [0.05, 0.1) is 24.7 Å². The second kappa shape index (κ2) is 11.3. The molecule has 2 aliphatic carbocycles. The van der Waals surface area contributed by atoms with Crippen LogP contribution in [0.3, 0.4) is 0 Å². The van der Waals surface area contributed by atoms with Gasteiger partial charge >= 0.3 is 10.2 Å². The molecule has 0 bridgehead atoms. The van der Waals surface area contributed by atoms with Crippen LogP contribution in [0.1, 0.15) is 61.7 Å². The first-order valence-electron chi connectivity index (χ1n) is 13.5. The average molecular weight is 623 g/mol. The van der Waals surface area contributed by atoms with Crippen molar-refractivity contribution in [3.8, 4) is 11.5 Å². The molecule has 4 rings (SSSR count). The van der Waals surface area contributed by atoms with Gasteiger partial charge in [-0.05, 0) is 62.8 Å². The minimum absolute atomic E-state index is 0.0520. The monoisotopic (exact) mass is 622 g/mol. The third kappa shape index (κ3) is 7.69. The van der Waals surface area contributed by atoms with Crippen LogP contribution in [-0.2, 0) is 9.59 Å². The summed E-state index contributed by atoms with van der Waals surface area (Å²) in [5.41, 5.74) is -0.505. The maximum Gasteiger partial charge on any atom is 0.310 e. The maximum atomic E-state index is 14.8. The van der Waals surface area contributed by atoms with Crippen molar-refractivity contribution in [3.63, 3.8) is 0 Å². The second-order valence-corrected chi connectivity index (χ2v) is 13.1. The molecule has 2 aromatic carbocycles. The normalized spacial score (nSPS) is 24.5. The van der Waals surface area contributed by atoms with E-state index in [4.69, 9.17) is 9.47 Å². The third-order valence-electron chi connectivity index (χ3n) is 7.67. The fraction of sp³-hybridized carbons (Fsp3) is 0.464. The molecule has 0 aliphatic heterocycles. The summed E-state index contributed by atoms with van der Waals surface area (Å²) in [6, 6.07) is 3.74. The lowest BCUT2D eigenvalue weighted by Crippen LogP contribution is -2.46. The number of ether oxygens (including phenoxy) is 2. The van der Waals surface area contributed by atoms with E-state index in [0.29, 0.717) is 44.9 Å². The number of amides is 2. The van der Waals surface area contributed by atoms with Gasteiger partial charge in [-0.15, -0.1) is 0 Å². The molecule has 2 amide bonds. The fourth-order valence-corrected chi connectivity index (χ4v) is 6.09. The summed E-state index contributed by atoms with van der Waals surface area (Å²) in [7, 11) is -8.70. The van der Waals surface area contributed by atoms with Crippen molar-refractivity contribution in [3.05, 3.63) is 47.8 Å². The number of hydrogen-bond acceptors (Lipinski definition) is 5. The van der Waals surface area contributed by atoms with Crippen LogP contribution in [0, 0.1) is 17.7 Å². The van der Waals surface area contributed by atoms with Crippen LogP contribution >= 0.6 is 10.2 Å². The Kier molecular flexibility index (Phi) is 8.51. The highest BCUT2D eigenvalue weighted by atomic mass is 32.5. The number of rotatable bonds is 9. The van der Waals surface area contributed by atoms with Crippen molar-refractivity contribution in [2.24, 2.45) is 11.8 Å². The predicted octanol–water partition coefficient (Wildman–Crippen LogP) is 7.56. The molecule has 2 aromatic rings. The molecule has 232 valence electrons. The number of aldehydes is 1. The summed E-state index contributed by atoms with van der Waals surface area (Å²) in [5, 5.41) is 5.02. The van der Waals surface area contributed by atoms with E-state index >= 15 is 0 Å². The molecule has 2 fully saturated rings. The average Bonchev–Trinajstić information content (AvgIpc) is 2.93. The Morgan fingerprint density at radius 1 is 0.929 bits per heavy atom. The number of halogens is 6. The zero-order valence-electron chi connectivity index (χ0n) is 22.7. The van der Waals surface area contributed by atoms with Crippen LogP contribution in [0.5, 0.6) is 11.5 Å². The first kappa shape index (κ1) is 31.5. The van der Waals surface area contributed by atoms with E-state index in [2.05, 4.69) is 10.6 Å². The lowest BCUT2D eigenvalue weighted by Gasteiger charge is -2.40. The largest absolute Gasteiger partial charge is 0.496 e. The number of methoxy groups -OCH3 is 1. The van der Waals surface area contributed by atoms with Crippen LogP contribution in [0.2, 0.25) is 0 Å². The number of carbonyl (C=O) groups excluding carboxylic acids is 3. The van der Waals surface area contributed by atoms with Gasteiger partial charge in [-0.2, -0.15) is 0 Å². The molecule has 0 aromatic heterocycles. The zero-order chi connectivity index (χ0) is 30.8. The number of benzene rings is 2. The van der Waals surface area contributed by atoms with E-state index in [9.17, 15) is 38.2 Å². The van der Waals surface area contributed by atoms with Crippen molar-refractivity contribution < 1.29 is 47.7 Å². The van der Waals surface area contributed by atoms with Crippen LogP contribution < -0.4 is 20.1 Å². The Labute approximate surface area is 239 Å². The van der Waals surface area contributed by atoms with Gasteiger partial charge in [-0.1, -0.05) is 38.3 Å². The van der Waals surface area contributed by atoms with Crippen LogP contribution in [0.4, 0.5) is 29.5 Å². The molecular formula is C28H32F6N2O5S. The fourth-order valence-electron chi connectivity index (χ4n) is 5.41. The second-order valence-electron chi connectivity index (χ2n) is 10.7. The Bertz CT molecular complexity index is 1350. The molecule has 2 N–H and O–H groups in total. The van der Waals surface area contributed by atoms with Gasteiger partial charge in [-0.25, -0.2) is 4.39 Å². The summed E-state index contributed by atoms with van der Waals surface area (Å²) >= 11 is 0. The van der Waals surface area contributed by atoms with E-state index < -0.39 is 50.4 Å². The maximum absolute atomic E-state index is 14.8. The summed E-state index contributed by atoms with van der Waals surface area (Å²) in [6.45, 7) is 0. The molecular weight excluding hydrogens is 590 g/mol. The van der Waals surface area contributed by atoms with Gasteiger partial charge in [0.15, 0.2) is 11.6 Å². The lowest BCUT2D eigenvalue weighted by molar-refractivity contribution is -0.121. The molecule has 0 saturated heterocycles. The SMILES string of the molecule is COc1cc(F)c(OC2CCC(C=O)CC2)cc1C(=O)NC1CCCCC1C(=O)Nc1cccc(S(F)(F)(F)(F)F)c1. The van der Waals surface area contributed by atoms with Crippen molar-refractivity contribution >= 4 is 34.0 Å². The van der Waals surface area contributed by atoms with Gasteiger partial charge in [0, 0.05) is 23.7 Å². The standard InChI is InChI=1S/C28H32F6N2O5S/c1-40-25-15-23(29)26(41-19-11-9-17(16-37)10-12-19)14-22(25)28(39)36-24-8-3-2-7-21(24)27(38)35-18-5-4-6-20(13-18)42(30,31,32,33)34/h4-6,13-17,19,21,24H,2-3,7-12H2,1H3,(H,35,38)(H,36,39). The highest BCUT2D eigenvalue weighted by Crippen LogP contribution is 3.02. The molecule has 2 saturated carbocycles. The highest BCUT2D eigenvalue weighted by Gasteiger charge is 2.65. The quantitative estimate of drug-likeness (QED) is 0.223. The molecule has 0 radical (unpaired) electrons. The summed E-state index contributed by atoms with van der Waals surface area (Å²) < 4.78 is 92.0. The van der Waals surface area contributed by atoms with Gasteiger partial charge in [0.25, 0.3) is 5.91 Å². The van der Waals surface area contributed by atoms with Crippen molar-refractivity contribution in [2.75, 3.05) is 12.4 Å². The molecule has 2 aliphatic rings. The molecule has 2 unspecified atom stereocenters. The third-order valence-corrected chi connectivity index (χ3v) is 8.81. The molecule has 2 atom stereocenters. The van der Waals surface area contributed by atoms with Crippen LogP contribution in [0.25, 0.3) is 0 Å². The summed E-state index contributed by atoms with van der Waals surface area (Å²) in [4.78, 5) is 35.3. The Balaban J connectivity index is 1.49. The molecule has 0 spiro atoms. The van der Waals surface area contributed by atoms with E-state index in [0.717, 1.165) is 24.5 Å². The molecule has 14 heteroatoms. The lowest BCUT2D eigenvalue weighted by atomic mass is 9.83. The van der Waals surface area contributed by atoms with E-state index in [1.807, 2.05) is 0 Å². The molecule has 0 heterocycles. The summed E-state index contributed by atoms with van der Waals surface area (Å²) in [5.74, 6) is -3.35. The minimum atomic E-state index is -9.95. The Morgan fingerprint density at radius 3 is 2.26 bits per heavy atom. The number of anilines is 1. The predicted molar refractivity (Wildman–Crippen MR) is 145 cm³/mol. The number of nitrogens with one attached hydrogen (secondary N) is 2. The van der Waals surface area contributed by atoms with Crippen molar-refractivity contribution in [1.82, 2.24) is 5.32 Å². The van der Waals surface area contributed by atoms with E-state index in [1.54, 1.807) is 0 Å². The topological polar surface area (TPSA) is 93.7 Å². The van der Waals surface area contributed by atoms with Gasteiger partial charge in [0.1, 0.15) is 16.9 Å². The van der Waals surface area contributed by atoms with Gasteiger partial charge in [-0.3, -0.25) is 9.59 Å². The van der Waals surface area contributed by atoms with Crippen LogP contribution in [0.15, 0.2) is 41.3 Å². The Morgan fingerprint density at radius 2 is 1.62 bits per heavy atom. The van der Waals surface area contributed by atoms with Crippen molar-refractivity contribution in [2.45, 2.75) is 68.4 Å². The number of hydrogen-bond donors (Lipinski definition) is 2. The first-order valence-corrected chi connectivity index (χ1v) is 15.5. The van der Waals surface area contributed by atoms with Crippen molar-refractivity contribution in [1.29, 1.82) is 0 Å². The Hall–Kier alpha value is -3.42. The molecule has 7 nitrogen and oxygen atoms in total. The van der Waals surface area contributed by atoms with Gasteiger partial charge in [0.2, 0.25) is 5.91 Å². The minimum Gasteiger partial charge on any atom is -0.496 e.